The van der Waals surface area contributed by atoms with Gasteiger partial charge in [0.05, 0.1) is 30.9 Å². The molecule has 0 aromatic heterocycles. The molecule has 4 rings (SSSR count). The Morgan fingerprint density at radius 3 is 2.52 bits per heavy atom. The van der Waals surface area contributed by atoms with Crippen LogP contribution in [0.1, 0.15) is 45.6 Å². The molecule has 1 aromatic carbocycles. The van der Waals surface area contributed by atoms with Crippen LogP contribution in [-0.2, 0) is 15.6 Å². The molecule has 5 atom stereocenters. The topological polar surface area (TPSA) is 59.0 Å². The van der Waals surface area contributed by atoms with Gasteiger partial charge in [0.2, 0.25) is 5.91 Å². The van der Waals surface area contributed by atoms with Crippen LogP contribution in [0.4, 0.5) is 0 Å². The summed E-state index contributed by atoms with van der Waals surface area (Å²) in [6.45, 7) is 11.3. The van der Waals surface area contributed by atoms with Gasteiger partial charge >= 0.3 is 0 Å². The summed E-state index contributed by atoms with van der Waals surface area (Å²) >= 11 is 0. The smallest absolute Gasteiger partial charge is 0.247 e. The van der Waals surface area contributed by atoms with E-state index in [-0.39, 0.29) is 34.5 Å². The molecule has 31 heavy (non-hydrogen) atoms. The van der Waals surface area contributed by atoms with Crippen molar-refractivity contribution >= 4 is 14.2 Å². The number of carbonyl (C=O) groups is 1. The van der Waals surface area contributed by atoms with E-state index < -0.39 is 14.4 Å². The summed E-state index contributed by atoms with van der Waals surface area (Å²) in [6.07, 6.45) is 6.45. The van der Waals surface area contributed by atoms with Gasteiger partial charge < -0.3 is 19.2 Å². The lowest BCUT2D eigenvalue weighted by molar-refractivity contribution is -0.161. The van der Waals surface area contributed by atoms with Gasteiger partial charge in [-0.15, -0.1) is 0 Å². The molecule has 3 aliphatic rings. The number of ether oxygens (including phenoxy) is 1. The predicted molar refractivity (Wildman–Crippen MR) is 125 cm³/mol. The molecule has 2 fully saturated rings. The van der Waals surface area contributed by atoms with Crippen molar-refractivity contribution in [3.05, 3.63) is 42.0 Å². The molecule has 1 saturated heterocycles. The second kappa shape index (κ2) is 7.75. The minimum Gasteiger partial charge on any atom is -0.497 e. The van der Waals surface area contributed by atoms with Gasteiger partial charge in [0.1, 0.15) is 5.75 Å². The van der Waals surface area contributed by atoms with E-state index >= 15 is 0 Å². The van der Waals surface area contributed by atoms with Crippen molar-refractivity contribution in [1.82, 2.24) is 4.90 Å². The van der Waals surface area contributed by atoms with Gasteiger partial charge in [-0.05, 0) is 61.5 Å². The minimum absolute atomic E-state index is 0.0276. The molecule has 1 spiro atoms. The highest BCUT2D eigenvalue weighted by atomic mass is 28.4. The Balaban J connectivity index is 1.62. The Hall–Kier alpha value is -1.63. The third-order valence-corrected chi connectivity index (χ3v) is 12.7. The summed E-state index contributed by atoms with van der Waals surface area (Å²) in [5.41, 5.74) is 0.826. The average molecular weight is 444 g/mol. The van der Waals surface area contributed by atoms with Crippen molar-refractivity contribution in [2.24, 2.45) is 5.92 Å². The molecule has 5 nitrogen and oxygen atoms in total. The molecule has 170 valence electrons. The summed E-state index contributed by atoms with van der Waals surface area (Å²) in [4.78, 5) is 14.8. The lowest BCUT2D eigenvalue weighted by Crippen LogP contribution is -2.68. The molecule has 1 amide bonds. The van der Waals surface area contributed by atoms with Crippen LogP contribution in [0.5, 0.6) is 5.75 Å². The Kier molecular flexibility index (Phi) is 5.64. The predicted octanol–water partition coefficient (Wildman–Crippen LogP) is 4.31. The van der Waals surface area contributed by atoms with Gasteiger partial charge in [0.25, 0.3) is 0 Å². The molecule has 6 heteroatoms. The van der Waals surface area contributed by atoms with Crippen LogP contribution in [0.25, 0.3) is 0 Å². The number of aliphatic hydroxyl groups excluding tert-OH is 1. The third kappa shape index (κ3) is 3.87. The number of piperidine rings is 1. The Labute approximate surface area is 187 Å². The highest BCUT2D eigenvalue weighted by molar-refractivity contribution is 6.74. The van der Waals surface area contributed by atoms with Gasteiger partial charge in [0.15, 0.2) is 8.32 Å². The number of amides is 1. The summed E-state index contributed by atoms with van der Waals surface area (Å²) in [7, 11) is -0.303. The van der Waals surface area contributed by atoms with E-state index in [1.54, 1.807) is 13.2 Å². The number of hydrogen-bond donors (Lipinski definition) is 1. The number of hydrogen-bond acceptors (Lipinski definition) is 4. The number of fused-ring (bicyclic) bond motifs is 1. The van der Waals surface area contributed by atoms with E-state index in [0.29, 0.717) is 6.42 Å². The Morgan fingerprint density at radius 1 is 1.23 bits per heavy atom. The Morgan fingerprint density at radius 2 is 1.90 bits per heavy atom. The first-order chi connectivity index (χ1) is 14.5. The van der Waals surface area contributed by atoms with E-state index in [2.05, 4.69) is 39.9 Å². The minimum atomic E-state index is -1.96. The maximum Gasteiger partial charge on any atom is 0.247 e. The van der Waals surface area contributed by atoms with Crippen LogP contribution >= 0.6 is 0 Å². The van der Waals surface area contributed by atoms with Gasteiger partial charge in [-0.3, -0.25) is 4.79 Å². The van der Waals surface area contributed by atoms with Crippen molar-refractivity contribution in [3.63, 3.8) is 0 Å². The molecule has 2 aliphatic heterocycles. The zero-order chi connectivity index (χ0) is 22.6. The lowest BCUT2D eigenvalue weighted by Gasteiger charge is -2.58. The molecule has 1 N–H and O–H groups in total. The lowest BCUT2D eigenvalue weighted by atomic mass is 9.66. The second-order valence-electron chi connectivity index (χ2n) is 11.1. The van der Waals surface area contributed by atoms with E-state index in [1.165, 1.54) is 0 Å². The number of rotatable bonds is 5. The third-order valence-electron chi connectivity index (χ3n) is 8.20. The Bertz CT molecular complexity index is 859. The van der Waals surface area contributed by atoms with E-state index in [0.717, 1.165) is 30.6 Å². The first-order valence-corrected chi connectivity index (χ1v) is 14.4. The van der Waals surface area contributed by atoms with Crippen molar-refractivity contribution in [2.75, 3.05) is 7.11 Å². The summed E-state index contributed by atoms with van der Waals surface area (Å²) in [5.74, 6) is 0.876. The molecular formula is C25H37NO4Si. The monoisotopic (exact) mass is 443 g/mol. The first-order valence-electron chi connectivity index (χ1n) is 11.5. The van der Waals surface area contributed by atoms with Crippen molar-refractivity contribution in [3.8, 4) is 5.75 Å². The van der Waals surface area contributed by atoms with Crippen LogP contribution in [0.3, 0.4) is 0 Å². The average Bonchev–Trinajstić information content (AvgIpc) is 3.02. The zero-order valence-electron chi connectivity index (χ0n) is 19.7. The van der Waals surface area contributed by atoms with E-state index in [4.69, 9.17) is 9.16 Å². The number of aliphatic hydroxyl groups is 1. The molecule has 1 aromatic rings. The fraction of sp³-hybridized carbons (Fsp3) is 0.640. The highest BCUT2D eigenvalue weighted by Gasteiger charge is 2.58. The molecule has 5 unspecified atom stereocenters. The van der Waals surface area contributed by atoms with Crippen molar-refractivity contribution in [1.29, 1.82) is 0 Å². The number of carbonyl (C=O) groups excluding carboxylic acids is 1. The molecule has 0 radical (unpaired) electrons. The SMILES string of the molecule is COc1ccc(CC2C(O)C3CC4(C=CC(=O)N24)CCC3O[Si](C)(C)C(C)(C)C)cc1. The summed E-state index contributed by atoms with van der Waals surface area (Å²) in [5, 5.41) is 11.7. The number of benzene rings is 1. The number of nitrogens with zero attached hydrogens (tertiary/aromatic N) is 1. The normalized spacial score (nSPS) is 32.9. The van der Waals surface area contributed by atoms with Gasteiger partial charge in [-0.2, -0.15) is 0 Å². The fourth-order valence-electron chi connectivity index (χ4n) is 5.41. The summed E-state index contributed by atoms with van der Waals surface area (Å²) in [6, 6.07) is 7.68. The van der Waals surface area contributed by atoms with Gasteiger partial charge in [-0.1, -0.05) is 39.0 Å². The van der Waals surface area contributed by atoms with E-state index in [9.17, 15) is 9.90 Å². The molecule has 1 saturated carbocycles. The van der Waals surface area contributed by atoms with Crippen molar-refractivity contribution in [2.45, 2.75) is 88.4 Å². The first kappa shape index (κ1) is 22.6. The van der Waals surface area contributed by atoms with Crippen LogP contribution in [0.15, 0.2) is 36.4 Å². The highest BCUT2D eigenvalue weighted by Crippen LogP contribution is 2.51. The van der Waals surface area contributed by atoms with Gasteiger partial charge in [-0.25, -0.2) is 0 Å². The second-order valence-corrected chi connectivity index (χ2v) is 15.8. The van der Waals surface area contributed by atoms with Crippen LogP contribution < -0.4 is 4.74 Å². The number of methoxy groups -OCH3 is 1. The van der Waals surface area contributed by atoms with Crippen molar-refractivity contribution < 1.29 is 19.1 Å². The summed E-state index contributed by atoms with van der Waals surface area (Å²) < 4.78 is 12.1. The maximum atomic E-state index is 12.9. The fourth-order valence-corrected chi connectivity index (χ4v) is 6.82. The quantitative estimate of drug-likeness (QED) is 0.689. The molecular weight excluding hydrogens is 406 g/mol. The molecule has 2 heterocycles. The largest absolute Gasteiger partial charge is 0.497 e. The zero-order valence-corrected chi connectivity index (χ0v) is 20.7. The standard InChI is InChI=1S/C25H37NO4Si/c1-24(2,3)31(5,6)30-21-11-13-25-14-12-22(27)26(25)20(23(28)19(21)16-25)15-17-7-9-18(29-4)10-8-17/h7-10,12,14,19-21,23,28H,11,13,15-16H2,1-6H3. The maximum absolute atomic E-state index is 12.9. The van der Waals surface area contributed by atoms with Crippen LogP contribution in [0, 0.1) is 5.92 Å². The van der Waals surface area contributed by atoms with E-state index in [1.807, 2.05) is 29.2 Å². The van der Waals surface area contributed by atoms with Gasteiger partial charge in [0, 0.05) is 12.0 Å². The van der Waals surface area contributed by atoms with Crippen LogP contribution in [0.2, 0.25) is 18.1 Å². The van der Waals surface area contributed by atoms with Crippen LogP contribution in [-0.4, -0.2) is 55.1 Å². The molecule has 2 bridgehead atoms. The molecule has 1 aliphatic carbocycles.